The van der Waals surface area contributed by atoms with Crippen molar-refractivity contribution < 1.29 is 9.53 Å². The summed E-state index contributed by atoms with van der Waals surface area (Å²) in [6.45, 7) is 6.35. The second-order valence-corrected chi connectivity index (χ2v) is 7.45. The van der Waals surface area contributed by atoms with Crippen molar-refractivity contribution in [3.8, 4) is 0 Å². The maximum atomic E-state index is 13.2. The van der Waals surface area contributed by atoms with E-state index in [1.165, 1.54) is 0 Å². The lowest BCUT2D eigenvalue weighted by Crippen LogP contribution is -2.37. The van der Waals surface area contributed by atoms with Crippen LogP contribution in [0.4, 0.5) is 5.95 Å². The number of amides is 1. The molecular weight excluding hydrogens is 368 g/mol. The first-order valence-corrected chi connectivity index (χ1v) is 10.1. The molecule has 0 aliphatic carbocycles. The van der Waals surface area contributed by atoms with E-state index in [1.807, 2.05) is 48.0 Å². The van der Waals surface area contributed by atoms with Gasteiger partial charge in [-0.2, -0.15) is 0 Å². The largest absolute Gasteiger partial charge is 0.378 e. The van der Waals surface area contributed by atoms with Gasteiger partial charge in [0, 0.05) is 51.7 Å². The minimum absolute atomic E-state index is 0.00956. The van der Waals surface area contributed by atoms with Gasteiger partial charge < -0.3 is 23.7 Å². The number of aromatic nitrogens is 4. The number of aryl methyl sites for hydroxylation is 2. The SMILES string of the molecule is CCCN(Cc1nccn1C)C(=O)c1ccc2c(c1)nc(N1CCOCC1)n2C. The van der Waals surface area contributed by atoms with E-state index in [1.54, 1.807) is 6.20 Å². The van der Waals surface area contributed by atoms with E-state index >= 15 is 0 Å². The lowest BCUT2D eigenvalue weighted by Gasteiger charge is -2.27. The molecule has 1 aliphatic heterocycles. The van der Waals surface area contributed by atoms with E-state index in [-0.39, 0.29) is 5.91 Å². The number of imidazole rings is 2. The van der Waals surface area contributed by atoms with Crippen molar-refractivity contribution in [3.05, 3.63) is 42.0 Å². The fourth-order valence-corrected chi connectivity index (χ4v) is 3.79. The van der Waals surface area contributed by atoms with Crippen molar-refractivity contribution in [3.63, 3.8) is 0 Å². The molecule has 29 heavy (non-hydrogen) atoms. The zero-order valence-electron chi connectivity index (χ0n) is 17.3. The number of hydrogen-bond acceptors (Lipinski definition) is 5. The third kappa shape index (κ3) is 3.85. The fourth-order valence-electron chi connectivity index (χ4n) is 3.79. The molecule has 3 aromatic rings. The van der Waals surface area contributed by atoms with Gasteiger partial charge in [-0.3, -0.25) is 4.79 Å². The highest BCUT2D eigenvalue weighted by atomic mass is 16.5. The molecule has 0 saturated carbocycles. The summed E-state index contributed by atoms with van der Waals surface area (Å²) in [7, 11) is 3.97. The van der Waals surface area contributed by atoms with Crippen LogP contribution in [0, 0.1) is 0 Å². The zero-order valence-corrected chi connectivity index (χ0v) is 17.3. The highest BCUT2D eigenvalue weighted by Gasteiger charge is 2.21. The van der Waals surface area contributed by atoms with Gasteiger partial charge in [-0.05, 0) is 24.6 Å². The van der Waals surface area contributed by atoms with Crippen molar-refractivity contribution >= 4 is 22.9 Å². The van der Waals surface area contributed by atoms with Crippen LogP contribution in [0.2, 0.25) is 0 Å². The molecule has 0 bridgehead atoms. The Bertz CT molecular complexity index is 1000. The molecule has 1 amide bonds. The summed E-state index contributed by atoms with van der Waals surface area (Å²) in [4.78, 5) is 26.5. The summed E-state index contributed by atoms with van der Waals surface area (Å²) in [5.41, 5.74) is 2.52. The second-order valence-electron chi connectivity index (χ2n) is 7.45. The number of carbonyl (C=O) groups is 1. The number of carbonyl (C=O) groups excluding carboxylic acids is 1. The monoisotopic (exact) mass is 396 g/mol. The molecular formula is C21H28N6O2. The van der Waals surface area contributed by atoms with Crippen molar-refractivity contribution in [2.75, 3.05) is 37.7 Å². The minimum atomic E-state index is 0.00956. The van der Waals surface area contributed by atoms with E-state index in [0.717, 1.165) is 42.3 Å². The van der Waals surface area contributed by atoms with Gasteiger partial charge in [0.05, 0.1) is 30.8 Å². The first-order valence-electron chi connectivity index (χ1n) is 10.1. The van der Waals surface area contributed by atoms with Crippen LogP contribution < -0.4 is 4.90 Å². The Morgan fingerprint density at radius 1 is 1.24 bits per heavy atom. The number of fused-ring (bicyclic) bond motifs is 1. The normalized spacial score (nSPS) is 14.5. The standard InChI is InChI=1S/C21H28N6O2/c1-4-8-27(15-19-22-7-9-24(19)2)20(28)16-5-6-18-17(14-16)23-21(25(18)3)26-10-12-29-13-11-26/h5-7,9,14H,4,8,10-13,15H2,1-3H3. The molecule has 0 atom stereocenters. The Morgan fingerprint density at radius 2 is 2.03 bits per heavy atom. The molecule has 3 heterocycles. The minimum Gasteiger partial charge on any atom is -0.378 e. The van der Waals surface area contributed by atoms with Gasteiger partial charge in [-0.15, -0.1) is 0 Å². The number of nitrogens with zero attached hydrogens (tertiary/aromatic N) is 6. The van der Waals surface area contributed by atoms with Gasteiger partial charge in [0.2, 0.25) is 5.95 Å². The van der Waals surface area contributed by atoms with Gasteiger partial charge in [0.15, 0.2) is 0 Å². The first-order chi connectivity index (χ1) is 14.1. The summed E-state index contributed by atoms with van der Waals surface area (Å²) < 4.78 is 9.49. The Labute approximate surface area is 170 Å². The number of hydrogen-bond donors (Lipinski definition) is 0. The average Bonchev–Trinajstić information content (AvgIpc) is 3.30. The van der Waals surface area contributed by atoms with Crippen LogP contribution in [-0.4, -0.2) is 62.8 Å². The smallest absolute Gasteiger partial charge is 0.254 e. The van der Waals surface area contributed by atoms with Crippen LogP contribution in [-0.2, 0) is 25.4 Å². The van der Waals surface area contributed by atoms with Crippen molar-refractivity contribution in [2.45, 2.75) is 19.9 Å². The number of rotatable bonds is 6. The van der Waals surface area contributed by atoms with Crippen LogP contribution >= 0.6 is 0 Å². The molecule has 1 fully saturated rings. The molecule has 1 aliphatic rings. The average molecular weight is 396 g/mol. The van der Waals surface area contributed by atoms with E-state index in [2.05, 4.69) is 21.4 Å². The van der Waals surface area contributed by atoms with E-state index in [9.17, 15) is 4.79 Å². The molecule has 1 saturated heterocycles. The van der Waals surface area contributed by atoms with E-state index in [4.69, 9.17) is 9.72 Å². The third-order valence-electron chi connectivity index (χ3n) is 5.43. The molecule has 0 radical (unpaired) electrons. The summed E-state index contributed by atoms with van der Waals surface area (Å²) in [6.07, 6.45) is 4.55. The highest BCUT2D eigenvalue weighted by molar-refractivity contribution is 5.97. The van der Waals surface area contributed by atoms with Crippen molar-refractivity contribution in [1.82, 2.24) is 24.0 Å². The van der Waals surface area contributed by atoms with Crippen molar-refractivity contribution in [1.29, 1.82) is 0 Å². The van der Waals surface area contributed by atoms with Gasteiger partial charge in [0.1, 0.15) is 5.82 Å². The molecule has 154 valence electrons. The molecule has 0 unspecified atom stereocenters. The lowest BCUT2D eigenvalue weighted by molar-refractivity contribution is 0.0737. The Balaban J connectivity index is 1.61. The molecule has 4 rings (SSSR count). The predicted octanol–water partition coefficient (Wildman–Crippen LogP) is 2.20. The Kier molecular flexibility index (Phi) is 5.53. The van der Waals surface area contributed by atoms with Gasteiger partial charge in [-0.25, -0.2) is 9.97 Å². The van der Waals surface area contributed by atoms with Crippen LogP contribution in [0.5, 0.6) is 0 Å². The second kappa shape index (κ2) is 8.24. The molecule has 8 nitrogen and oxygen atoms in total. The maximum Gasteiger partial charge on any atom is 0.254 e. The lowest BCUT2D eigenvalue weighted by atomic mass is 10.1. The fraction of sp³-hybridized carbons (Fsp3) is 0.476. The van der Waals surface area contributed by atoms with Gasteiger partial charge in [0.25, 0.3) is 5.91 Å². The van der Waals surface area contributed by atoms with Gasteiger partial charge in [-0.1, -0.05) is 6.92 Å². The predicted molar refractivity (Wildman–Crippen MR) is 112 cm³/mol. The number of morpholine rings is 1. The van der Waals surface area contributed by atoms with E-state index in [0.29, 0.717) is 31.9 Å². The summed E-state index contributed by atoms with van der Waals surface area (Å²) in [6, 6.07) is 5.80. The number of ether oxygens (including phenoxy) is 1. The maximum absolute atomic E-state index is 13.2. The zero-order chi connectivity index (χ0) is 20.4. The van der Waals surface area contributed by atoms with Crippen molar-refractivity contribution in [2.24, 2.45) is 14.1 Å². The quantitative estimate of drug-likeness (QED) is 0.639. The molecule has 2 aromatic heterocycles. The molecule has 8 heteroatoms. The van der Waals surface area contributed by atoms with E-state index < -0.39 is 0 Å². The molecule has 0 spiro atoms. The number of benzene rings is 1. The summed E-state index contributed by atoms with van der Waals surface area (Å²) in [5.74, 6) is 1.81. The molecule has 1 aromatic carbocycles. The van der Waals surface area contributed by atoms with Crippen LogP contribution in [0.3, 0.4) is 0 Å². The van der Waals surface area contributed by atoms with Crippen LogP contribution in [0.15, 0.2) is 30.6 Å². The Hall–Kier alpha value is -2.87. The van der Waals surface area contributed by atoms with Crippen LogP contribution in [0.25, 0.3) is 11.0 Å². The molecule has 0 N–H and O–H groups in total. The summed E-state index contributed by atoms with van der Waals surface area (Å²) in [5, 5.41) is 0. The van der Waals surface area contributed by atoms with Crippen LogP contribution in [0.1, 0.15) is 29.5 Å². The number of anilines is 1. The highest BCUT2D eigenvalue weighted by Crippen LogP contribution is 2.24. The van der Waals surface area contributed by atoms with Gasteiger partial charge >= 0.3 is 0 Å². The Morgan fingerprint density at radius 3 is 2.72 bits per heavy atom. The topological polar surface area (TPSA) is 68.4 Å². The first kappa shape index (κ1) is 19.4. The summed E-state index contributed by atoms with van der Waals surface area (Å²) >= 11 is 0. The third-order valence-corrected chi connectivity index (χ3v) is 5.43.